The second-order valence-corrected chi connectivity index (χ2v) is 9.90. The van der Waals surface area contributed by atoms with Crippen LogP contribution in [0.4, 0.5) is 11.4 Å². The lowest BCUT2D eigenvalue weighted by atomic mass is 10.0. The van der Waals surface area contributed by atoms with Gasteiger partial charge in [-0.2, -0.15) is 0 Å². The highest BCUT2D eigenvalue weighted by Crippen LogP contribution is 2.31. The summed E-state index contributed by atoms with van der Waals surface area (Å²) in [5, 5.41) is 3.26. The normalized spacial score (nSPS) is 13.9. The van der Waals surface area contributed by atoms with Crippen LogP contribution >= 0.6 is 11.6 Å². The van der Waals surface area contributed by atoms with Crippen molar-refractivity contribution in [3.63, 3.8) is 0 Å². The van der Waals surface area contributed by atoms with E-state index in [1.807, 2.05) is 0 Å². The highest BCUT2D eigenvalue weighted by Gasteiger charge is 2.24. The van der Waals surface area contributed by atoms with Crippen molar-refractivity contribution in [1.82, 2.24) is 0 Å². The van der Waals surface area contributed by atoms with Crippen molar-refractivity contribution in [2.75, 3.05) is 29.0 Å². The van der Waals surface area contributed by atoms with E-state index in [1.54, 1.807) is 36.4 Å². The molecule has 1 aliphatic rings. The molecule has 156 valence electrons. The summed E-state index contributed by atoms with van der Waals surface area (Å²) in [4.78, 5) is 12.7. The fourth-order valence-electron chi connectivity index (χ4n) is 3.20. The number of rotatable bonds is 6. The number of benzene rings is 2. The lowest BCUT2D eigenvalue weighted by molar-refractivity contribution is 0.102. The van der Waals surface area contributed by atoms with E-state index in [9.17, 15) is 13.2 Å². The number of carbonyl (C=O) groups excluding carboxylic acids is 1. The molecule has 0 atom stereocenters. The number of hydrogen-bond acceptors (Lipinski definition) is 4. The molecule has 29 heavy (non-hydrogen) atoms. The van der Waals surface area contributed by atoms with Crippen molar-refractivity contribution < 1.29 is 17.9 Å². The molecule has 3 rings (SSSR count). The fraction of sp³-hybridized carbons (Fsp3) is 0.381. The molecule has 1 aliphatic heterocycles. The average Bonchev–Trinajstić information content (AvgIpc) is 2.65. The molecule has 0 unspecified atom stereocenters. The van der Waals surface area contributed by atoms with Gasteiger partial charge in [-0.3, -0.25) is 9.10 Å². The van der Waals surface area contributed by atoms with E-state index >= 15 is 0 Å². The zero-order chi connectivity index (χ0) is 21.2. The molecule has 8 heteroatoms. The molecule has 1 amide bonds. The van der Waals surface area contributed by atoms with Gasteiger partial charge in [0.05, 0.1) is 23.6 Å². The molecule has 1 N–H and O–H groups in total. The zero-order valence-corrected chi connectivity index (χ0v) is 18.3. The highest BCUT2D eigenvalue weighted by atomic mass is 35.5. The van der Waals surface area contributed by atoms with E-state index in [4.69, 9.17) is 16.3 Å². The Morgan fingerprint density at radius 3 is 2.66 bits per heavy atom. The Bertz CT molecular complexity index is 1020. The number of halogens is 1. The van der Waals surface area contributed by atoms with Gasteiger partial charge >= 0.3 is 0 Å². The summed E-state index contributed by atoms with van der Waals surface area (Å²) in [6.07, 6.45) is 2.65. The summed E-state index contributed by atoms with van der Waals surface area (Å²) in [6, 6.07) is 10.2. The summed E-state index contributed by atoms with van der Waals surface area (Å²) in [5.74, 6) is 0.678. The van der Waals surface area contributed by atoms with E-state index in [-0.39, 0.29) is 5.91 Å². The maximum atomic E-state index is 12.7. The predicted octanol–water partition coefficient (Wildman–Crippen LogP) is 4.34. The first-order valence-corrected chi connectivity index (χ1v) is 11.7. The predicted molar refractivity (Wildman–Crippen MR) is 117 cm³/mol. The SMILES string of the molecule is CC(C)COc1ccc(NC(=O)c2ccc3c(c2)CCCN3S(C)(=O)=O)cc1Cl. The van der Waals surface area contributed by atoms with E-state index in [2.05, 4.69) is 19.2 Å². The molecular weight excluding hydrogens is 412 g/mol. The minimum atomic E-state index is -3.33. The van der Waals surface area contributed by atoms with Gasteiger partial charge in [0.15, 0.2) is 0 Å². The Balaban J connectivity index is 1.75. The van der Waals surface area contributed by atoms with Gasteiger partial charge in [0, 0.05) is 17.8 Å². The molecule has 0 aliphatic carbocycles. The van der Waals surface area contributed by atoms with Crippen molar-refractivity contribution in [2.45, 2.75) is 26.7 Å². The maximum absolute atomic E-state index is 12.7. The van der Waals surface area contributed by atoms with Gasteiger partial charge in [0.25, 0.3) is 5.91 Å². The molecule has 2 aromatic carbocycles. The summed E-state index contributed by atoms with van der Waals surface area (Å²) < 4.78 is 31.0. The van der Waals surface area contributed by atoms with E-state index in [0.717, 1.165) is 18.4 Å². The molecule has 0 fully saturated rings. The number of carbonyl (C=O) groups is 1. The van der Waals surface area contributed by atoms with Gasteiger partial charge in [0.2, 0.25) is 10.0 Å². The number of hydrogen-bond donors (Lipinski definition) is 1. The highest BCUT2D eigenvalue weighted by molar-refractivity contribution is 7.92. The Kier molecular flexibility index (Phi) is 6.39. The second kappa shape index (κ2) is 8.63. The van der Waals surface area contributed by atoms with Gasteiger partial charge in [-0.1, -0.05) is 25.4 Å². The van der Waals surface area contributed by atoms with Crippen LogP contribution in [0.1, 0.15) is 36.2 Å². The quantitative estimate of drug-likeness (QED) is 0.730. The first-order valence-electron chi connectivity index (χ1n) is 9.49. The van der Waals surface area contributed by atoms with Crippen LogP contribution in [-0.4, -0.2) is 33.7 Å². The lowest BCUT2D eigenvalue weighted by Crippen LogP contribution is -2.34. The summed E-state index contributed by atoms with van der Waals surface area (Å²) in [6.45, 7) is 5.12. The monoisotopic (exact) mass is 436 g/mol. The van der Waals surface area contributed by atoms with Crippen molar-refractivity contribution in [3.8, 4) is 5.75 Å². The summed E-state index contributed by atoms with van der Waals surface area (Å²) >= 11 is 6.26. The summed E-state index contributed by atoms with van der Waals surface area (Å²) in [7, 11) is -3.33. The van der Waals surface area contributed by atoms with Gasteiger partial charge in [-0.15, -0.1) is 0 Å². The molecule has 0 spiro atoms. The second-order valence-electron chi connectivity index (χ2n) is 7.59. The van der Waals surface area contributed by atoms with Crippen molar-refractivity contribution in [1.29, 1.82) is 0 Å². The van der Waals surface area contributed by atoms with Gasteiger partial charge in [-0.25, -0.2) is 8.42 Å². The molecule has 2 aromatic rings. The third-order valence-corrected chi connectivity index (χ3v) is 6.06. The summed E-state index contributed by atoms with van der Waals surface area (Å²) in [5.41, 5.74) is 2.53. The molecule has 0 radical (unpaired) electrons. The molecule has 0 saturated carbocycles. The van der Waals surface area contributed by atoms with Crippen molar-refractivity contribution in [2.24, 2.45) is 5.92 Å². The van der Waals surface area contributed by atoms with Gasteiger partial charge in [0.1, 0.15) is 5.75 Å². The molecule has 0 bridgehead atoms. The number of nitrogens with one attached hydrogen (secondary N) is 1. The zero-order valence-electron chi connectivity index (χ0n) is 16.7. The Morgan fingerprint density at radius 2 is 2.00 bits per heavy atom. The number of sulfonamides is 1. The standard InChI is InChI=1S/C21H25ClN2O4S/c1-14(2)13-28-20-9-7-17(12-18(20)22)23-21(25)16-6-8-19-15(11-16)5-4-10-24(19)29(3,26)27/h6-9,11-12,14H,4-5,10,13H2,1-3H3,(H,23,25). The van der Waals surface area contributed by atoms with E-state index in [1.165, 1.54) is 10.6 Å². The minimum absolute atomic E-state index is 0.281. The fourth-order valence-corrected chi connectivity index (χ4v) is 4.43. The van der Waals surface area contributed by atoms with E-state index < -0.39 is 10.0 Å². The Hall–Kier alpha value is -2.25. The number of nitrogens with zero attached hydrogens (tertiary/aromatic N) is 1. The largest absolute Gasteiger partial charge is 0.492 e. The third-order valence-electron chi connectivity index (χ3n) is 4.58. The molecule has 1 heterocycles. The number of ether oxygens (including phenoxy) is 1. The molecule has 0 saturated heterocycles. The number of fused-ring (bicyclic) bond motifs is 1. The first kappa shape index (κ1) is 21.5. The van der Waals surface area contributed by atoms with Crippen LogP contribution in [0, 0.1) is 5.92 Å². The van der Waals surface area contributed by atoms with Crippen molar-refractivity contribution >= 4 is 38.9 Å². The van der Waals surface area contributed by atoms with E-state index in [0.29, 0.717) is 46.8 Å². The smallest absolute Gasteiger partial charge is 0.255 e. The minimum Gasteiger partial charge on any atom is -0.492 e. The van der Waals surface area contributed by atoms with Crippen molar-refractivity contribution in [3.05, 3.63) is 52.5 Å². The number of aryl methyl sites for hydroxylation is 1. The maximum Gasteiger partial charge on any atom is 0.255 e. The topological polar surface area (TPSA) is 75.7 Å². The average molecular weight is 437 g/mol. The first-order chi connectivity index (χ1) is 13.6. The van der Waals surface area contributed by atoms with Crippen LogP contribution in [0.3, 0.4) is 0 Å². The van der Waals surface area contributed by atoms with Crippen LogP contribution in [0.25, 0.3) is 0 Å². The molecule has 0 aromatic heterocycles. The van der Waals surface area contributed by atoms with Crippen LogP contribution in [0.2, 0.25) is 5.02 Å². The number of anilines is 2. The van der Waals surface area contributed by atoms with Crippen LogP contribution in [0.15, 0.2) is 36.4 Å². The Morgan fingerprint density at radius 1 is 1.24 bits per heavy atom. The van der Waals surface area contributed by atoms with Gasteiger partial charge < -0.3 is 10.1 Å². The van der Waals surface area contributed by atoms with Crippen LogP contribution in [-0.2, 0) is 16.4 Å². The van der Waals surface area contributed by atoms with Crippen LogP contribution < -0.4 is 14.4 Å². The lowest BCUT2D eigenvalue weighted by Gasteiger charge is -2.29. The van der Waals surface area contributed by atoms with Gasteiger partial charge in [-0.05, 0) is 60.7 Å². The number of amides is 1. The van der Waals surface area contributed by atoms with Crippen LogP contribution in [0.5, 0.6) is 5.75 Å². The third kappa shape index (κ3) is 5.22. The molecule has 6 nitrogen and oxygen atoms in total. The Labute approximate surface area is 176 Å². The molecular formula is C21H25ClN2O4S.